The molecule has 1 aliphatic heterocycles. The van der Waals surface area contributed by atoms with Crippen LogP contribution in [0.4, 0.5) is 10.1 Å². The van der Waals surface area contributed by atoms with Crippen molar-refractivity contribution in [2.24, 2.45) is 0 Å². The first-order valence-corrected chi connectivity index (χ1v) is 11.5. The van der Waals surface area contributed by atoms with Crippen molar-refractivity contribution in [1.29, 1.82) is 0 Å². The number of sulfonamides is 1. The van der Waals surface area contributed by atoms with Crippen LogP contribution in [-0.4, -0.2) is 54.7 Å². The van der Waals surface area contributed by atoms with Crippen LogP contribution in [0.3, 0.4) is 0 Å². The molecular weight excluding hydrogens is 435 g/mol. The van der Waals surface area contributed by atoms with Crippen molar-refractivity contribution < 1.29 is 22.3 Å². The van der Waals surface area contributed by atoms with Crippen molar-refractivity contribution in [3.8, 4) is 11.3 Å². The molecule has 168 valence electrons. The molecule has 3 aromatic rings. The lowest BCUT2D eigenvalue weighted by Gasteiger charge is -2.26. The van der Waals surface area contributed by atoms with Crippen LogP contribution in [0.2, 0.25) is 0 Å². The Morgan fingerprint density at radius 3 is 2.56 bits per heavy atom. The molecule has 1 amide bonds. The molecule has 1 N–H and O–H groups in total. The Morgan fingerprint density at radius 1 is 1.12 bits per heavy atom. The summed E-state index contributed by atoms with van der Waals surface area (Å²) < 4.78 is 47.2. The number of nitrogens with one attached hydrogen (secondary N) is 1. The largest absolute Gasteiger partial charge is 0.379 e. The number of nitrogens with zero attached hydrogens (tertiary/aromatic N) is 3. The fourth-order valence-electron chi connectivity index (χ4n) is 3.45. The lowest BCUT2D eigenvalue weighted by molar-refractivity contribution is -0.116. The van der Waals surface area contributed by atoms with E-state index in [9.17, 15) is 17.6 Å². The van der Waals surface area contributed by atoms with E-state index in [4.69, 9.17) is 4.74 Å². The number of hydrogen-bond donors (Lipinski definition) is 1. The lowest BCUT2D eigenvalue weighted by Crippen LogP contribution is -2.40. The van der Waals surface area contributed by atoms with Gasteiger partial charge in [-0.25, -0.2) is 12.8 Å². The lowest BCUT2D eigenvalue weighted by atomic mass is 10.1. The zero-order chi connectivity index (χ0) is 22.7. The minimum Gasteiger partial charge on any atom is -0.379 e. The van der Waals surface area contributed by atoms with E-state index in [1.807, 2.05) is 0 Å². The van der Waals surface area contributed by atoms with Gasteiger partial charge in [0.25, 0.3) is 0 Å². The minimum absolute atomic E-state index is 0.0549. The minimum atomic E-state index is -3.68. The van der Waals surface area contributed by atoms with Gasteiger partial charge in [-0.15, -0.1) is 0 Å². The van der Waals surface area contributed by atoms with E-state index in [0.717, 1.165) is 5.56 Å². The van der Waals surface area contributed by atoms with Gasteiger partial charge in [0.2, 0.25) is 15.9 Å². The summed E-state index contributed by atoms with van der Waals surface area (Å²) in [5.41, 5.74) is 2.35. The van der Waals surface area contributed by atoms with Gasteiger partial charge >= 0.3 is 0 Å². The van der Waals surface area contributed by atoms with Crippen LogP contribution in [0.1, 0.15) is 5.56 Å². The first-order chi connectivity index (χ1) is 15.3. The highest BCUT2D eigenvalue weighted by Crippen LogP contribution is 2.24. The van der Waals surface area contributed by atoms with Crippen LogP contribution < -0.4 is 5.32 Å². The number of rotatable bonds is 6. The quantitative estimate of drug-likeness (QED) is 0.613. The highest BCUT2D eigenvalue weighted by molar-refractivity contribution is 7.89. The van der Waals surface area contributed by atoms with Gasteiger partial charge in [-0.05, 0) is 55.0 Å². The van der Waals surface area contributed by atoms with Crippen LogP contribution in [0, 0.1) is 12.7 Å². The molecule has 0 atom stereocenters. The third-order valence-electron chi connectivity index (χ3n) is 5.15. The molecule has 0 spiro atoms. The maximum atomic E-state index is 13.1. The Balaban J connectivity index is 1.46. The number of morpholine rings is 1. The summed E-state index contributed by atoms with van der Waals surface area (Å²) in [7, 11) is -3.68. The monoisotopic (exact) mass is 458 g/mol. The van der Waals surface area contributed by atoms with Crippen molar-refractivity contribution in [3.63, 3.8) is 0 Å². The first kappa shape index (κ1) is 22.1. The van der Waals surface area contributed by atoms with Gasteiger partial charge in [0.15, 0.2) is 0 Å². The molecule has 1 fully saturated rings. The molecule has 0 saturated carbocycles. The molecular formula is C22H23FN4O4S. The van der Waals surface area contributed by atoms with E-state index in [2.05, 4.69) is 10.4 Å². The fraction of sp³-hybridized carbons (Fsp3) is 0.273. The van der Waals surface area contributed by atoms with Crippen molar-refractivity contribution in [2.45, 2.75) is 18.4 Å². The summed E-state index contributed by atoms with van der Waals surface area (Å²) in [4.78, 5) is 12.7. The van der Waals surface area contributed by atoms with Crippen LogP contribution in [0.15, 0.2) is 59.6 Å². The average Bonchev–Trinajstić information content (AvgIpc) is 3.24. The second-order valence-corrected chi connectivity index (χ2v) is 9.36. The predicted molar refractivity (Wildman–Crippen MR) is 117 cm³/mol. The number of anilines is 1. The molecule has 1 saturated heterocycles. The van der Waals surface area contributed by atoms with Gasteiger partial charge in [0, 0.05) is 30.5 Å². The summed E-state index contributed by atoms with van der Waals surface area (Å²) >= 11 is 0. The Hall–Kier alpha value is -3.08. The van der Waals surface area contributed by atoms with Gasteiger partial charge < -0.3 is 10.1 Å². The number of aromatic nitrogens is 2. The Bertz CT molecular complexity index is 1220. The topological polar surface area (TPSA) is 93.5 Å². The van der Waals surface area contributed by atoms with E-state index in [-0.39, 0.29) is 23.2 Å². The number of carbonyl (C=O) groups is 1. The zero-order valence-electron chi connectivity index (χ0n) is 17.5. The summed E-state index contributed by atoms with van der Waals surface area (Å²) in [6, 6.07) is 12.5. The first-order valence-electron chi connectivity index (χ1n) is 10.1. The van der Waals surface area contributed by atoms with Gasteiger partial charge in [-0.1, -0.05) is 6.07 Å². The van der Waals surface area contributed by atoms with E-state index in [1.165, 1.54) is 27.2 Å². The third-order valence-corrected chi connectivity index (χ3v) is 7.19. The van der Waals surface area contributed by atoms with E-state index < -0.39 is 10.0 Å². The fourth-order valence-corrected chi connectivity index (χ4v) is 5.11. The van der Waals surface area contributed by atoms with Crippen molar-refractivity contribution in [1.82, 2.24) is 14.1 Å². The van der Waals surface area contributed by atoms with Crippen LogP contribution in [0.5, 0.6) is 0 Å². The molecule has 0 unspecified atom stereocenters. The van der Waals surface area contributed by atoms with Crippen LogP contribution >= 0.6 is 0 Å². The maximum Gasteiger partial charge on any atom is 0.246 e. The zero-order valence-corrected chi connectivity index (χ0v) is 18.3. The second-order valence-electron chi connectivity index (χ2n) is 7.45. The Kier molecular flexibility index (Phi) is 6.35. The molecule has 2 heterocycles. The molecule has 8 nitrogen and oxygen atoms in total. The SMILES string of the molecule is Cc1ccc(NC(=O)Cn2ccc(-c3ccc(F)cc3)n2)cc1S(=O)(=O)N1CCOCC1. The third kappa shape index (κ3) is 4.87. The smallest absolute Gasteiger partial charge is 0.246 e. The molecule has 1 aliphatic rings. The van der Waals surface area contributed by atoms with Gasteiger partial charge in [0.1, 0.15) is 12.4 Å². The molecule has 4 rings (SSSR count). The van der Waals surface area contributed by atoms with Gasteiger partial charge in [-0.3, -0.25) is 9.48 Å². The number of halogens is 1. The second kappa shape index (κ2) is 9.19. The molecule has 0 aliphatic carbocycles. The normalized spacial score (nSPS) is 14.9. The Labute approximate surface area is 185 Å². The summed E-state index contributed by atoms with van der Waals surface area (Å²) in [5.74, 6) is -0.682. The molecule has 10 heteroatoms. The molecule has 2 aromatic carbocycles. The van der Waals surface area contributed by atoms with E-state index in [1.54, 1.807) is 43.5 Å². The van der Waals surface area contributed by atoms with Crippen molar-refractivity contribution in [3.05, 3.63) is 66.1 Å². The standard InChI is InChI=1S/C22H23FN4O4S/c1-16-2-7-19(14-21(16)32(29,30)27-10-12-31-13-11-27)24-22(28)15-26-9-8-20(25-26)17-3-5-18(23)6-4-17/h2-9,14H,10-13,15H2,1H3,(H,24,28). The highest BCUT2D eigenvalue weighted by atomic mass is 32.2. The van der Waals surface area contributed by atoms with Crippen LogP contribution in [-0.2, 0) is 26.1 Å². The van der Waals surface area contributed by atoms with E-state index >= 15 is 0 Å². The summed E-state index contributed by atoms with van der Waals surface area (Å²) in [6.45, 7) is 2.99. The number of ether oxygens (including phenoxy) is 1. The Morgan fingerprint density at radius 2 is 1.84 bits per heavy atom. The van der Waals surface area contributed by atoms with E-state index in [0.29, 0.717) is 43.2 Å². The average molecular weight is 459 g/mol. The summed E-state index contributed by atoms with van der Waals surface area (Å²) in [6.07, 6.45) is 1.65. The summed E-state index contributed by atoms with van der Waals surface area (Å²) in [5, 5.41) is 7.08. The molecule has 1 aromatic heterocycles. The maximum absolute atomic E-state index is 13.1. The molecule has 0 bridgehead atoms. The predicted octanol–water partition coefficient (Wildman–Crippen LogP) is 2.66. The number of benzene rings is 2. The van der Waals surface area contributed by atoms with Gasteiger partial charge in [-0.2, -0.15) is 9.40 Å². The highest BCUT2D eigenvalue weighted by Gasteiger charge is 2.28. The van der Waals surface area contributed by atoms with Crippen molar-refractivity contribution >= 4 is 21.6 Å². The van der Waals surface area contributed by atoms with Gasteiger partial charge in [0.05, 0.1) is 23.8 Å². The number of amides is 1. The van der Waals surface area contributed by atoms with Crippen molar-refractivity contribution in [2.75, 3.05) is 31.6 Å². The number of aryl methyl sites for hydroxylation is 1. The van der Waals surface area contributed by atoms with Crippen LogP contribution in [0.25, 0.3) is 11.3 Å². The number of hydrogen-bond acceptors (Lipinski definition) is 5. The molecule has 32 heavy (non-hydrogen) atoms. The molecule has 0 radical (unpaired) electrons. The number of carbonyl (C=O) groups excluding carboxylic acids is 1.